The summed E-state index contributed by atoms with van der Waals surface area (Å²) >= 11 is 0. The normalized spacial score (nSPS) is 12.8. The van der Waals surface area contributed by atoms with Gasteiger partial charge in [0.25, 0.3) is 0 Å². The van der Waals surface area contributed by atoms with Gasteiger partial charge in [0.2, 0.25) is 0 Å². The molecule has 100 valence electrons. The Hall–Kier alpha value is -2.30. The third-order valence-electron chi connectivity index (χ3n) is 2.82. The van der Waals surface area contributed by atoms with Gasteiger partial charge in [-0.1, -0.05) is 12.1 Å². The molecule has 0 unspecified atom stereocenters. The highest BCUT2D eigenvalue weighted by Crippen LogP contribution is 2.28. The van der Waals surface area contributed by atoms with Gasteiger partial charge in [-0.25, -0.2) is 9.59 Å². The maximum atomic E-state index is 11.8. The molecule has 1 aliphatic rings. The van der Waals surface area contributed by atoms with Crippen LogP contribution in [-0.2, 0) is 15.9 Å². The van der Waals surface area contributed by atoms with Gasteiger partial charge in [-0.05, 0) is 31.0 Å². The van der Waals surface area contributed by atoms with Crippen molar-refractivity contribution in [2.24, 2.45) is 0 Å². The van der Waals surface area contributed by atoms with Gasteiger partial charge in [0.05, 0.1) is 25.0 Å². The Morgan fingerprint density at radius 2 is 2.16 bits per heavy atom. The van der Waals surface area contributed by atoms with Crippen molar-refractivity contribution in [3.05, 3.63) is 41.6 Å². The standard InChI is InChI=1S/C14H15NO4/c1-3-19-14(17)15-8-4-5-10-6-7-11(9-12(10)15)13(16)18-2/h4,6-9H,3,5H2,1-2H3. The fraction of sp³-hybridized carbons (Fsp3) is 0.286. The van der Waals surface area contributed by atoms with Crippen molar-refractivity contribution in [3.8, 4) is 0 Å². The first-order valence-electron chi connectivity index (χ1n) is 6.01. The van der Waals surface area contributed by atoms with Crippen LogP contribution in [0.4, 0.5) is 10.5 Å². The Balaban J connectivity index is 2.38. The Labute approximate surface area is 111 Å². The lowest BCUT2D eigenvalue weighted by Gasteiger charge is -2.24. The van der Waals surface area contributed by atoms with Crippen molar-refractivity contribution in [1.29, 1.82) is 0 Å². The quantitative estimate of drug-likeness (QED) is 0.767. The smallest absolute Gasteiger partial charge is 0.418 e. The molecule has 1 aliphatic heterocycles. The number of allylic oxidation sites excluding steroid dienone is 1. The minimum absolute atomic E-state index is 0.301. The molecule has 5 heteroatoms. The maximum absolute atomic E-state index is 11.8. The van der Waals surface area contributed by atoms with Crippen LogP contribution >= 0.6 is 0 Å². The number of anilines is 1. The number of ether oxygens (including phenoxy) is 2. The lowest BCUT2D eigenvalue weighted by Crippen LogP contribution is -2.29. The van der Waals surface area contributed by atoms with Gasteiger partial charge in [0, 0.05) is 6.20 Å². The Morgan fingerprint density at radius 1 is 1.37 bits per heavy atom. The van der Waals surface area contributed by atoms with Crippen LogP contribution in [0.3, 0.4) is 0 Å². The summed E-state index contributed by atoms with van der Waals surface area (Å²) < 4.78 is 9.66. The van der Waals surface area contributed by atoms with E-state index in [2.05, 4.69) is 4.74 Å². The average molecular weight is 261 g/mol. The van der Waals surface area contributed by atoms with E-state index >= 15 is 0 Å². The summed E-state index contributed by atoms with van der Waals surface area (Å²) in [5.74, 6) is -0.429. The molecule has 1 amide bonds. The molecular formula is C14H15NO4. The van der Waals surface area contributed by atoms with E-state index in [9.17, 15) is 9.59 Å². The molecule has 0 aromatic heterocycles. The number of amides is 1. The fourth-order valence-electron chi connectivity index (χ4n) is 1.92. The van der Waals surface area contributed by atoms with Crippen LogP contribution < -0.4 is 4.90 Å². The third-order valence-corrected chi connectivity index (χ3v) is 2.82. The van der Waals surface area contributed by atoms with Gasteiger partial charge in [0.15, 0.2) is 0 Å². The number of hydrogen-bond acceptors (Lipinski definition) is 4. The van der Waals surface area contributed by atoms with Crippen molar-refractivity contribution < 1.29 is 19.1 Å². The Kier molecular flexibility index (Phi) is 3.85. The zero-order valence-electron chi connectivity index (χ0n) is 10.9. The second kappa shape index (κ2) is 5.56. The summed E-state index contributed by atoms with van der Waals surface area (Å²) in [5.41, 5.74) is 2.03. The SMILES string of the molecule is CCOC(=O)N1C=CCc2ccc(C(=O)OC)cc21. The molecular weight excluding hydrogens is 246 g/mol. The van der Waals surface area contributed by atoms with Crippen LogP contribution in [-0.4, -0.2) is 25.8 Å². The number of rotatable bonds is 2. The van der Waals surface area contributed by atoms with Crippen LogP contribution in [0.25, 0.3) is 0 Å². The number of esters is 1. The van der Waals surface area contributed by atoms with Crippen molar-refractivity contribution in [2.45, 2.75) is 13.3 Å². The molecule has 0 bridgehead atoms. The van der Waals surface area contributed by atoms with Crippen LogP contribution in [0.15, 0.2) is 30.5 Å². The number of hydrogen-bond donors (Lipinski definition) is 0. The summed E-state index contributed by atoms with van der Waals surface area (Å²) in [6, 6.07) is 5.14. The largest absolute Gasteiger partial charge is 0.465 e. The molecule has 1 aromatic rings. The van der Waals surface area contributed by atoms with Crippen molar-refractivity contribution in [2.75, 3.05) is 18.6 Å². The molecule has 0 atom stereocenters. The highest BCUT2D eigenvalue weighted by Gasteiger charge is 2.21. The van der Waals surface area contributed by atoms with E-state index in [1.807, 2.05) is 12.1 Å². The molecule has 0 radical (unpaired) electrons. The Bertz CT molecular complexity index is 536. The number of benzene rings is 1. The zero-order valence-corrected chi connectivity index (χ0v) is 10.9. The highest BCUT2D eigenvalue weighted by molar-refractivity contribution is 5.95. The average Bonchev–Trinajstić information content (AvgIpc) is 2.45. The van der Waals surface area contributed by atoms with E-state index in [0.29, 0.717) is 24.3 Å². The van der Waals surface area contributed by atoms with E-state index in [1.165, 1.54) is 12.0 Å². The van der Waals surface area contributed by atoms with Crippen molar-refractivity contribution in [1.82, 2.24) is 0 Å². The molecule has 5 nitrogen and oxygen atoms in total. The predicted octanol–water partition coefficient (Wildman–Crippen LogP) is 2.51. The maximum Gasteiger partial charge on any atom is 0.418 e. The van der Waals surface area contributed by atoms with E-state index < -0.39 is 12.1 Å². The van der Waals surface area contributed by atoms with Crippen LogP contribution in [0.2, 0.25) is 0 Å². The third kappa shape index (κ3) is 2.59. The summed E-state index contributed by atoms with van der Waals surface area (Å²) in [5, 5.41) is 0. The van der Waals surface area contributed by atoms with Crippen molar-refractivity contribution >= 4 is 17.7 Å². The first-order chi connectivity index (χ1) is 9.17. The van der Waals surface area contributed by atoms with Crippen LogP contribution in [0, 0.1) is 0 Å². The molecule has 0 saturated carbocycles. The monoisotopic (exact) mass is 261 g/mol. The second-order valence-corrected chi connectivity index (χ2v) is 3.99. The van der Waals surface area contributed by atoms with Crippen LogP contribution in [0.1, 0.15) is 22.8 Å². The van der Waals surface area contributed by atoms with Gasteiger partial charge in [-0.2, -0.15) is 0 Å². The van der Waals surface area contributed by atoms with Gasteiger partial charge >= 0.3 is 12.1 Å². The molecule has 1 aromatic carbocycles. The summed E-state index contributed by atoms with van der Waals surface area (Å²) in [4.78, 5) is 24.8. The molecule has 1 heterocycles. The molecule has 2 rings (SSSR count). The molecule has 0 saturated heterocycles. The van der Waals surface area contributed by atoms with Gasteiger partial charge in [-0.15, -0.1) is 0 Å². The molecule has 19 heavy (non-hydrogen) atoms. The van der Waals surface area contributed by atoms with E-state index in [4.69, 9.17) is 4.74 Å². The topological polar surface area (TPSA) is 55.8 Å². The van der Waals surface area contributed by atoms with E-state index in [-0.39, 0.29) is 0 Å². The number of carbonyl (C=O) groups excluding carboxylic acids is 2. The van der Waals surface area contributed by atoms with E-state index in [0.717, 1.165) is 5.56 Å². The molecule has 0 spiro atoms. The minimum Gasteiger partial charge on any atom is -0.465 e. The summed E-state index contributed by atoms with van der Waals surface area (Å²) in [6.07, 6.45) is 3.78. The highest BCUT2D eigenvalue weighted by atomic mass is 16.6. The van der Waals surface area contributed by atoms with E-state index in [1.54, 1.807) is 25.3 Å². The molecule has 0 fully saturated rings. The number of fused-ring (bicyclic) bond motifs is 1. The van der Waals surface area contributed by atoms with Gasteiger partial charge in [0.1, 0.15) is 0 Å². The summed E-state index contributed by atoms with van der Waals surface area (Å²) in [6.45, 7) is 2.05. The number of carbonyl (C=O) groups is 2. The lowest BCUT2D eigenvalue weighted by molar-refractivity contribution is 0.0600. The first kappa shape index (κ1) is 13.1. The van der Waals surface area contributed by atoms with Crippen LogP contribution in [0.5, 0.6) is 0 Å². The Morgan fingerprint density at radius 3 is 2.84 bits per heavy atom. The predicted molar refractivity (Wildman–Crippen MR) is 70.1 cm³/mol. The van der Waals surface area contributed by atoms with Crippen molar-refractivity contribution in [3.63, 3.8) is 0 Å². The van der Waals surface area contributed by atoms with Gasteiger partial charge < -0.3 is 9.47 Å². The summed E-state index contributed by atoms with van der Waals surface area (Å²) in [7, 11) is 1.32. The minimum atomic E-state index is -0.457. The second-order valence-electron chi connectivity index (χ2n) is 3.99. The lowest BCUT2D eigenvalue weighted by atomic mass is 10.0. The fourth-order valence-corrected chi connectivity index (χ4v) is 1.92. The number of methoxy groups -OCH3 is 1. The molecule has 0 N–H and O–H groups in total. The van der Waals surface area contributed by atoms with Gasteiger partial charge in [-0.3, -0.25) is 4.90 Å². The first-order valence-corrected chi connectivity index (χ1v) is 6.01. The number of nitrogens with zero attached hydrogens (tertiary/aromatic N) is 1. The molecule has 0 aliphatic carbocycles. The zero-order chi connectivity index (χ0) is 13.8.